The molecule has 2 aliphatic heterocycles. The van der Waals surface area contributed by atoms with Gasteiger partial charge in [-0.25, -0.2) is 13.6 Å². The van der Waals surface area contributed by atoms with Gasteiger partial charge in [0.15, 0.2) is 17.8 Å². The fraction of sp³-hybridized carbons (Fsp3) is 0.478. The second kappa shape index (κ2) is 8.59. The minimum Gasteiger partial charge on any atom is -0.459 e. The van der Waals surface area contributed by atoms with Crippen LogP contribution in [-0.4, -0.2) is 65.7 Å². The summed E-state index contributed by atoms with van der Waals surface area (Å²) < 4.78 is 74.2. The Labute approximate surface area is 194 Å². The molecule has 1 aromatic rings. The molecule has 0 spiro atoms. The van der Waals surface area contributed by atoms with Crippen molar-refractivity contribution in [2.24, 2.45) is 5.41 Å². The van der Waals surface area contributed by atoms with E-state index in [1.54, 1.807) is 27.7 Å². The van der Waals surface area contributed by atoms with Gasteiger partial charge < -0.3 is 19.4 Å². The number of alkyl halides is 3. The molecule has 0 N–H and O–H groups in total. The van der Waals surface area contributed by atoms with Gasteiger partial charge in [-0.05, 0) is 32.0 Å². The number of ether oxygens (including phenoxy) is 1. The third-order valence-electron chi connectivity index (χ3n) is 5.69. The lowest BCUT2D eigenvalue weighted by atomic mass is 9.86. The van der Waals surface area contributed by atoms with E-state index in [4.69, 9.17) is 4.74 Å². The lowest BCUT2D eigenvalue weighted by Crippen LogP contribution is -2.50. The van der Waals surface area contributed by atoms with Crippen molar-refractivity contribution in [1.82, 2.24) is 14.7 Å². The lowest BCUT2D eigenvalue weighted by Gasteiger charge is -2.37. The van der Waals surface area contributed by atoms with Gasteiger partial charge in [-0.15, -0.1) is 0 Å². The zero-order chi connectivity index (χ0) is 25.7. The van der Waals surface area contributed by atoms with E-state index in [1.807, 2.05) is 0 Å². The van der Waals surface area contributed by atoms with Gasteiger partial charge in [0, 0.05) is 43.5 Å². The summed E-state index contributed by atoms with van der Waals surface area (Å²) in [5.41, 5.74) is -1.31. The van der Waals surface area contributed by atoms with Crippen LogP contribution in [0.4, 0.5) is 22.0 Å². The molecule has 3 rings (SSSR count). The number of carbonyl (C=O) groups excluding carboxylic acids is 2. The highest BCUT2D eigenvalue weighted by molar-refractivity contribution is 5.98. The van der Waals surface area contributed by atoms with Gasteiger partial charge >= 0.3 is 12.1 Å². The zero-order valence-corrected chi connectivity index (χ0v) is 19.6. The minimum atomic E-state index is -4.64. The molecular formula is C23H26F5N3O3. The Morgan fingerprint density at radius 1 is 1.09 bits per heavy atom. The molecule has 2 heterocycles. The second-order valence-corrected chi connectivity index (χ2v) is 9.28. The quantitative estimate of drug-likeness (QED) is 0.471. The van der Waals surface area contributed by atoms with E-state index >= 15 is 0 Å². The van der Waals surface area contributed by atoms with Crippen LogP contribution >= 0.6 is 0 Å². The molecule has 0 bridgehead atoms. The largest absolute Gasteiger partial charge is 0.459 e. The number of esters is 1. The van der Waals surface area contributed by atoms with E-state index in [0.717, 1.165) is 39.1 Å². The number of halogens is 5. The summed E-state index contributed by atoms with van der Waals surface area (Å²) in [7, 11) is 2.49. The van der Waals surface area contributed by atoms with Crippen LogP contribution in [0.2, 0.25) is 0 Å². The predicted molar refractivity (Wildman–Crippen MR) is 113 cm³/mol. The number of carbonyl (C=O) groups is 2. The number of benzene rings is 1. The van der Waals surface area contributed by atoms with Crippen LogP contribution in [0.25, 0.3) is 0 Å². The zero-order valence-electron chi connectivity index (χ0n) is 19.6. The molecule has 34 heavy (non-hydrogen) atoms. The van der Waals surface area contributed by atoms with Gasteiger partial charge in [-0.2, -0.15) is 13.2 Å². The SMILES string of the molecule is CC(C)OC(=O)C1=CN(C(=O)c2ccc(F)c(F)c2)CC(C)(C)C2=C1N(C)C(C(F)(F)F)N2C. The molecule has 1 atom stereocenters. The smallest absolute Gasteiger partial charge is 0.427 e. The standard InChI is InChI=1S/C23H26F5N3O3/c1-12(2)34-20(33)14-10-31(19(32)13-7-8-15(24)16(25)9-13)11-22(3,4)18-17(14)29(5)21(30(18)6)23(26,27)28/h7-10,12,21H,11H2,1-6H3. The maximum absolute atomic E-state index is 13.9. The number of hydrogen-bond donors (Lipinski definition) is 0. The first kappa shape index (κ1) is 25.5. The summed E-state index contributed by atoms with van der Waals surface area (Å²) in [6, 6.07) is 2.63. The van der Waals surface area contributed by atoms with E-state index in [9.17, 15) is 31.5 Å². The molecule has 2 aliphatic rings. The van der Waals surface area contributed by atoms with E-state index in [-0.39, 0.29) is 29.1 Å². The molecule has 0 aliphatic carbocycles. The number of rotatable bonds is 3. The second-order valence-electron chi connectivity index (χ2n) is 9.28. The van der Waals surface area contributed by atoms with Crippen LogP contribution in [0.1, 0.15) is 38.1 Å². The fourth-order valence-corrected chi connectivity index (χ4v) is 4.51. The van der Waals surface area contributed by atoms with E-state index in [0.29, 0.717) is 0 Å². The Kier molecular flexibility index (Phi) is 6.45. The Morgan fingerprint density at radius 2 is 1.71 bits per heavy atom. The minimum absolute atomic E-state index is 0.0129. The molecule has 0 aromatic heterocycles. The molecule has 0 fully saturated rings. The molecule has 6 nitrogen and oxygen atoms in total. The van der Waals surface area contributed by atoms with Crippen molar-refractivity contribution in [1.29, 1.82) is 0 Å². The Hall–Kier alpha value is -3.11. The van der Waals surface area contributed by atoms with Crippen molar-refractivity contribution in [3.05, 3.63) is 58.6 Å². The van der Waals surface area contributed by atoms with E-state index < -0.39 is 47.4 Å². The van der Waals surface area contributed by atoms with Crippen molar-refractivity contribution in [2.45, 2.75) is 46.1 Å². The van der Waals surface area contributed by atoms with Crippen LogP contribution in [0.3, 0.4) is 0 Å². The first-order valence-electron chi connectivity index (χ1n) is 10.5. The topological polar surface area (TPSA) is 53.1 Å². The van der Waals surface area contributed by atoms with Gasteiger partial charge in [0.2, 0.25) is 0 Å². The van der Waals surface area contributed by atoms with Gasteiger partial charge in [0.05, 0.1) is 11.8 Å². The van der Waals surface area contributed by atoms with Crippen LogP contribution in [-0.2, 0) is 9.53 Å². The summed E-state index contributed by atoms with van der Waals surface area (Å²) in [5, 5.41) is 0. The molecule has 1 aromatic carbocycles. The van der Waals surface area contributed by atoms with Gasteiger partial charge in [0.25, 0.3) is 5.91 Å². The van der Waals surface area contributed by atoms with Crippen LogP contribution in [0, 0.1) is 17.0 Å². The molecule has 0 saturated heterocycles. The fourth-order valence-electron chi connectivity index (χ4n) is 4.51. The molecule has 186 valence electrons. The van der Waals surface area contributed by atoms with Crippen LogP contribution < -0.4 is 0 Å². The third-order valence-corrected chi connectivity index (χ3v) is 5.69. The molecule has 1 amide bonds. The van der Waals surface area contributed by atoms with Crippen molar-refractivity contribution in [3.63, 3.8) is 0 Å². The number of nitrogens with zero attached hydrogens (tertiary/aromatic N) is 3. The van der Waals surface area contributed by atoms with Gasteiger partial charge in [-0.3, -0.25) is 4.79 Å². The van der Waals surface area contributed by atoms with Gasteiger partial charge in [-0.1, -0.05) is 13.8 Å². The summed E-state index contributed by atoms with van der Waals surface area (Å²) in [5.74, 6) is -4.02. The lowest BCUT2D eigenvalue weighted by molar-refractivity contribution is -0.201. The van der Waals surface area contributed by atoms with E-state index in [1.165, 1.54) is 14.1 Å². The Bertz CT molecular complexity index is 1080. The Morgan fingerprint density at radius 3 is 2.24 bits per heavy atom. The van der Waals surface area contributed by atoms with Crippen LogP contribution in [0.15, 0.2) is 41.4 Å². The van der Waals surface area contributed by atoms with Crippen molar-refractivity contribution < 1.29 is 36.3 Å². The van der Waals surface area contributed by atoms with Crippen LogP contribution in [0.5, 0.6) is 0 Å². The molecular weight excluding hydrogens is 461 g/mol. The summed E-state index contributed by atoms with van der Waals surface area (Å²) >= 11 is 0. The van der Waals surface area contributed by atoms with Crippen molar-refractivity contribution in [2.75, 3.05) is 20.6 Å². The summed E-state index contributed by atoms with van der Waals surface area (Å²) in [6.07, 6.45) is -6.12. The maximum atomic E-state index is 13.9. The van der Waals surface area contributed by atoms with Crippen molar-refractivity contribution in [3.8, 4) is 0 Å². The highest BCUT2D eigenvalue weighted by Gasteiger charge is 2.55. The highest BCUT2D eigenvalue weighted by Crippen LogP contribution is 2.47. The van der Waals surface area contributed by atoms with Crippen molar-refractivity contribution >= 4 is 11.9 Å². The first-order chi connectivity index (χ1) is 15.6. The molecule has 1 unspecified atom stereocenters. The average molecular weight is 487 g/mol. The third kappa shape index (κ3) is 4.47. The average Bonchev–Trinajstić information content (AvgIpc) is 2.88. The Balaban J connectivity index is 2.18. The monoisotopic (exact) mass is 487 g/mol. The van der Waals surface area contributed by atoms with Gasteiger partial charge in [0.1, 0.15) is 5.57 Å². The number of likely N-dealkylation sites (N-methyl/N-ethyl adjacent to an activating group) is 1. The number of amides is 1. The van der Waals surface area contributed by atoms with E-state index in [2.05, 4.69) is 0 Å². The number of hydrogen-bond acceptors (Lipinski definition) is 5. The molecule has 11 heteroatoms. The summed E-state index contributed by atoms with van der Waals surface area (Å²) in [4.78, 5) is 29.3. The first-order valence-corrected chi connectivity index (χ1v) is 10.5. The maximum Gasteiger partial charge on any atom is 0.427 e. The highest BCUT2D eigenvalue weighted by atomic mass is 19.4. The normalized spacial score (nSPS) is 20.4. The summed E-state index contributed by atoms with van der Waals surface area (Å²) in [6.45, 7) is 6.32. The molecule has 0 radical (unpaired) electrons. The predicted octanol–water partition coefficient (Wildman–Crippen LogP) is 4.26. The molecule has 0 saturated carbocycles.